The van der Waals surface area contributed by atoms with Crippen LogP contribution in [0.25, 0.3) is 5.82 Å². The minimum absolute atomic E-state index is 0.392. The molecule has 2 N–H and O–H groups in total. The Hall–Kier alpha value is -1.98. The van der Waals surface area contributed by atoms with Crippen LogP contribution < -0.4 is 5.73 Å². The van der Waals surface area contributed by atoms with Crippen LogP contribution in [0.5, 0.6) is 0 Å². The zero-order chi connectivity index (χ0) is 10.1. The molecule has 0 saturated heterocycles. The normalized spacial score (nSPS) is 10.4. The highest BCUT2D eigenvalue weighted by molar-refractivity contribution is 5.31. The fourth-order valence-electron chi connectivity index (χ4n) is 1.19. The molecule has 0 aromatic carbocycles. The Balaban J connectivity index is 2.49. The molecule has 0 amide bonds. The number of nitrogens with zero attached hydrogens (tertiary/aromatic N) is 5. The molecule has 72 valence electrons. The van der Waals surface area contributed by atoms with Crippen molar-refractivity contribution in [3.8, 4) is 5.82 Å². The van der Waals surface area contributed by atoms with Gasteiger partial charge in [0.25, 0.3) is 0 Å². The highest BCUT2D eigenvalue weighted by Crippen LogP contribution is 2.05. The molecule has 0 fully saturated rings. The SMILES string of the molecule is Cc1nc(C)n(-c2ccc(N)nn2)n1. The summed E-state index contributed by atoms with van der Waals surface area (Å²) in [5.74, 6) is 2.50. The Morgan fingerprint density at radius 1 is 1.21 bits per heavy atom. The van der Waals surface area contributed by atoms with Gasteiger partial charge in [-0.25, -0.2) is 4.98 Å². The molecule has 0 aliphatic rings. The van der Waals surface area contributed by atoms with E-state index in [9.17, 15) is 0 Å². The second-order valence-corrected chi connectivity index (χ2v) is 2.93. The molecule has 2 aromatic heterocycles. The summed E-state index contributed by atoms with van der Waals surface area (Å²) in [6.07, 6.45) is 0. The van der Waals surface area contributed by atoms with Gasteiger partial charge < -0.3 is 5.73 Å². The van der Waals surface area contributed by atoms with Gasteiger partial charge >= 0.3 is 0 Å². The average molecular weight is 190 g/mol. The molecule has 6 nitrogen and oxygen atoms in total. The molecule has 0 aliphatic heterocycles. The summed E-state index contributed by atoms with van der Waals surface area (Å²) in [4.78, 5) is 4.16. The number of aromatic nitrogens is 5. The molecule has 14 heavy (non-hydrogen) atoms. The van der Waals surface area contributed by atoms with Crippen LogP contribution in [-0.2, 0) is 0 Å². The van der Waals surface area contributed by atoms with E-state index in [-0.39, 0.29) is 0 Å². The molecule has 6 heteroatoms. The zero-order valence-electron chi connectivity index (χ0n) is 7.97. The predicted molar refractivity (Wildman–Crippen MR) is 50.8 cm³/mol. The van der Waals surface area contributed by atoms with Gasteiger partial charge in [-0.3, -0.25) is 0 Å². The lowest BCUT2D eigenvalue weighted by molar-refractivity contribution is 0.781. The van der Waals surface area contributed by atoms with E-state index in [0.717, 1.165) is 5.82 Å². The summed E-state index contributed by atoms with van der Waals surface area (Å²) in [5.41, 5.74) is 5.43. The summed E-state index contributed by atoms with van der Waals surface area (Å²) in [6.45, 7) is 3.69. The first kappa shape index (κ1) is 8.61. The second kappa shape index (κ2) is 3.06. The molecule has 0 aliphatic carbocycles. The largest absolute Gasteiger partial charge is 0.382 e. The third-order valence-corrected chi connectivity index (χ3v) is 1.76. The first-order valence-corrected chi connectivity index (χ1v) is 4.16. The lowest BCUT2D eigenvalue weighted by Gasteiger charge is -1.99. The van der Waals surface area contributed by atoms with Gasteiger partial charge in [0, 0.05) is 0 Å². The quantitative estimate of drug-likeness (QED) is 0.697. The topological polar surface area (TPSA) is 82.5 Å². The van der Waals surface area contributed by atoms with Crippen LogP contribution in [0, 0.1) is 13.8 Å². The van der Waals surface area contributed by atoms with Crippen molar-refractivity contribution in [1.82, 2.24) is 25.0 Å². The number of anilines is 1. The van der Waals surface area contributed by atoms with E-state index >= 15 is 0 Å². The average Bonchev–Trinajstić information content (AvgIpc) is 2.47. The lowest BCUT2D eigenvalue weighted by Crippen LogP contribution is -2.04. The Morgan fingerprint density at radius 2 is 2.00 bits per heavy atom. The van der Waals surface area contributed by atoms with E-state index in [1.807, 2.05) is 13.8 Å². The molecule has 0 bridgehead atoms. The summed E-state index contributed by atoms with van der Waals surface area (Å²) in [5, 5.41) is 11.8. The number of hydrogen-bond acceptors (Lipinski definition) is 5. The second-order valence-electron chi connectivity index (χ2n) is 2.93. The van der Waals surface area contributed by atoms with Crippen molar-refractivity contribution in [2.24, 2.45) is 0 Å². The van der Waals surface area contributed by atoms with E-state index in [1.54, 1.807) is 16.8 Å². The molecule has 0 saturated carbocycles. The summed E-state index contributed by atoms with van der Waals surface area (Å²) in [7, 11) is 0. The minimum Gasteiger partial charge on any atom is -0.382 e. The molecular formula is C8H10N6. The van der Waals surface area contributed by atoms with Crippen LogP contribution >= 0.6 is 0 Å². The molecule has 2 rings (SSSR count). The van der Waals surface area contributed by atoms with Gasteiger partial charge in [-0.15, -0.1) is 15.3 Å². The zero-order valence-corrected chi connectivity index (χ0v) is 7.97. The van der Waals surface area contributed by atoms with Gasteiger partial charge in [-0.05, 0) is 26.0 Å². The van der Waals surface area contributed by atoms with Gasteiger partial charge in [-0.1, -0.05) is 0 Å². The Morgan fingerprint density at radius 3 is 2.50 bits per heavy atom. The Labute approximate surface area is 80.8 Å². The third-order valence-electron chi connectivity index (χ3n) is 1.76. The van der Waals surface area contributed by atoms with Gasteiger partial charge in [0.1, 0.15) is 17.5 Å². The van der Waals surface area contributed by atoms with Crippen LogP contribution in [0.1, 0.15) is 11.6 Å². The van der Waals surface area contributed by atoms with Crippen molar-refractivity contribution in [3.63, 3.8) is 0 Å². The lowest BCUT2D eigenvalue weighted by atomic mass is 10.5. The molecule has 2 heterocycles. The maximum absolute atomic E-state index is 5.43. The van der Waals surface area contributed by atoms with Crippen molar-refractivity contribution in [2.45, 2.75) is 13.8 Å². The van der Waals surface area contributed by atoms with Gasteiger partial charge in [-0.2, -0.15) is 4.68 Å². The standard InChI is InChI=1S/C8H10N6/c1-5-10-6(2)14(13-5)8-4-3-7(9)11-12-8/h3-4H,1-2H3,(H2,9,11). The van der Waals surface area contributed by atoms with E-state index in [1.165, 1.54) is 0 Å². The van der Waals surface area contributed by atoms with Crippen LogP contribution in [0.15, 0.2) is 12.1 Å². The van der Waals surface area contributed by atoms with Crippen LogP contribution in [-0.4, -0.2) is 25.0 Å². The highest BCUT2D eigenvalue weighted by Gasteiger charge is 2.05. The van der Waals surface area contributed by atoms with Crippen molar-refractivity contribution in [3.05, 3.63) is 23.8 Å². The smallest absolute Gasteiger partial charge is 0.177 e. The van der Waals surface area contributed by atoms with Gasteiger partial charge in [0.05, 0.1) is 0 Å². The Kier molecular flexibility index (Phi) is 1.88. The maximum Gasteiger partial charge on any atom is 0.177 e. The Bertz CT molecular complexity index is 443. The van der Waals surface area contributed by atoms with Crippen LogP contribution in [0.2, 0.25) is 0 Å². The summed E-state index contributed by atoms with van der Waals surface area (Å²) in [6, 6.07) is 3.43. The van der Waals surface area contributed by atoms with E-state index in [0.29, 0.717) is 17.5 Å². The fourth-order valence-corrected chi connectivity index (χ4v) is 1.19. The predicted octanol–water partition coefficient (Wildman–Crippen LogP) is 0.256. The van der Waals surface area contributed by atoms with E-state index in [4.69, 9.17) is 5.73 Å². The van der Waals surface area contributed by atoms with Crippen molar-refractivity contribution in [2.75, 3.05) is 5.73 Å². The number of aryl methyl sites for hydroxylation is 2. The molecular weight excluding hydrogens is 180 g/mol. The van der Waals surface area contributed by atoms with Crippen LogP contribution in [0.4, 0.5) is 5.82 Å². The first-order valence-electron chi connectivity index (χ1n) is 4.16. The number of rotatable bonds is 1. The molecule has 0 radical (unpaired) electrons. The summed E-state index contributed by atoms with van der Waals surface area (Å²) < 4.78 is 1.63. The third kappa shape index (κ3) is 1.41. The van der Waals surface area contributed by atoms with Crippen molar-refractivity contribution >= 4 is 5.82 Å². The van der Waals surface area contributed by atoms with Gasteiger partial charge in [0.2, 0.25) is 0 Å². The number of nitrogen functional groups attached to an aromatic ring is 1. The molecule has 2 aromatic rings. The number of nitrogens with two attached hydrogens (primary N) is 1. The highest BCUT2D eigenvalue weighted by atomic mass is 15.4. The minimum atomic E-state index is 0.392. The number of hydrogen-bond donors (Lipinski definition) is 1. The fraction of sp³-hybridized carbons (Fsp3) is 0.250. The summed E-state index contributed by atoms with van der Waals surface area (Å²) >= 11 is 0. The molecule has 0 unspecified atom stereocenters. The maximum atomic E-state index is 5.43. The monoisotopic (exact) mass is 190 g/mol. The molecule has 0 atom stereocenters. The first-order chi connectivity index (χ1) is 6.66. The molecule has 0 spiro atoms. The van der Waals surface area contributed by atoms with Gasteiger partial charge in [0.15, 0.2) is 5.82 Å². The van der Waals surface area contributed by atoms with E-state index < -0.39 is 0 Å². The van der Waals surface area contributed by atoms with Crippen molar-refractivity contribution in [1.29, 1.82) is 0 Å². The van der Waals surface area contributed by atoms with E-state index in [2.05, 4.69) is 20.3 Å². The van der Waals surface area contributed by atoms with Crippen molar-refractivity contribution < 1.29 is 0 Å². The van der Waals surface area contributed by atoms with Crippen LogP contribution in [0.3, 0.4) is 0 Å².